The Kier molecular flexibility index (Phi) is 6.31. The Morgan fingerprint density at radius 1 is 1.29 bits per heavy atom. The quantitative estimate of drug-likeness (QED) is 0.774. The first-order valence-corrected chi connectivity index (χ1v) is 8.65. The van der Waals surface area contributed by atoms with Crippen molar-refractivity contribution in [3.8, 4) is 0 Å². The van der Waals surface area contributed by atoms with Crippen LogP contribution in [-0.2, 0) is 10.0 Å². The number of hydrogen-bond donors (Lipinski definition) is 2. The van der Waals surface area contributed by atoms with Gasteiger partial charge in [0.05, 0.1) is 4.90 Å². The second-order valence-electron chi connectivity index (χ2n) is 5.42. The van der Waals surface area contributed by atoms with Crippen molar-refractivity contribution in [2.45, 2.75) is 44.9 Å². The summed E-state index contributed by atoms with van der Waals surface area (Å²) in [4.78, 5) is 0.0616. The lowest BCUT2D eigenvalue weighted by Gasteiger charge is -2.31. The maximum atomic E-state index is 13.2. The van der Waals surface area contributed by atoms with Gasteiger partial charge in [0, 0.05) is 13.2 Å². The summed E-state index contributed by atoms with van der Waals surface area (Å²) in [6, 6.07) is 3.74. The van der Waals surface area contributed by atoms with Crippen molar-refractivity contribution in [2.24, 2.45) is 5.41 Å². The Balaban J connectivity index is 2.91. The van der Waals surface area contributed by atoms with E-state index >= 15 is 0 Å². The zero-order chi connectivity index (χ0) is 16.1. The van der Waals surface area contributed by atoms with Crippen LogP contribution in [0.5, 0.6) is 0 Å². The van der Waals surface area contributed by atoms with Crippen molar-refractivity contribution in [3.63, 3.8) is 0 Å². The van der Waals surface area contributed by atoms with Gasteiger partial charge in [0.15, 0.2) is 0 Å². The van der Waals surface area contributed by atoms with Crippen LogP contribution in [0.25, 0.3) is 0 Å². The van der Waals surface area contributed by atoms with E-state index in [1.807, 2.05) is 13.8 Å². The molecule has 1 aromatic carbocycles. The molecule has 0 bridgehead atoms. The fraction of sp³-hybridized carbons (Fsp3) is 0.600. The number of aliphatic hydroxyl groups is 1. The first kappa shape index (κ1) is 18.1. The number of benzene rings is 1. The number of sulfonamides is 1. The summed E-state index contributed by atoms with van der Waals surface area (Å²) in [5.74, 6) is -0.425. The number of nitrogens with one attached hydrogen (secondary N) is 1. The Morgan fingerprint density at radius 3 is 2.38 bits per heavy atom. The maximum absolute atomic E-state index is 13.2. The van der Waals surface area contributed by atoms with E-state index in [2.05, 4.69) is 4.72 Å². The van der Waals surface area contributed by atoms with Gasteiger partial charge in [-0.3, -0.25) is 0 Å². The van der Waals surface area contributed by atoms with Crippen LogP contribution >= 0.6 is 0 Å². The number of hydrogen-bond acceptors (Lipinski definition) is 3. The molecule has 0 aliphatic rings. The van der Waals surface area contributed by atoms with E-state index in [1.165, 1.54) is 19.1 Å². The summed E-state index contributed by atoms with van der Waals surface area (Å²) < 4.78 is 40.4. The molecule has 0 spiro atoms. The molecule has 0 radical (unpaired) electrons. The van der Waals surface area contributed by atoms with Crippen molar-refractivity contribution in [1.29, 1.82) is 0 Å². The number of aliphatic hydroxyl groups excluding tert-OH is 1. The fourth-order valence-electron chi connectivity index (χ4n) is 2.29. The largest absolute Gasteiger partial charge is 0.396 e. The smallest absolute Gasteiger partial charge is 0.240 e. The molecule has 0 atom stereocenters. The Morgan fingerprint density at radius 2 is 1.90 bits per heavy atom. The van der Waals surface area contributed by atoms with Gasteiger partial charge in [0.25, 0.3) is 0 Å². The minimum Gasteiger partial charge on any atom is -0.396 e. The van der Waals surface area contributed by atoms with Gasteiger partial charge in [-0.05, 0) is 55.4 Å². The third-order valence-electron chi connectivity index (χ3n) is 4.22. The second kappa shape index (κ2) is 7.33. The van der Waals surface area contributed by atoms with Crippen molar-refractivity contribution in [2.75, 3.05) is 13.2 Å². The van der Waals surface area contributed by atoms with E-state index in [-0.39, 0.29) is 23.5 Å². The van der Waals surface area contributed by atoms with E-state index in [9.17, 15) is 12.8 Å². The Labute approximate surface area is 126 Å². The molecule has 0 amide bonds. The highest BCUT2D eigenvalue weighted by molar-refractivity contribution is 7.89. The maximum Gasteiger partial charge on any atom is 0.240 e. The van der Waals surface area contributed by atoms with Gasteiger partial charge in [-0.25, -0.2) is 17.5 Å². The van der Waals surface area contributed by atoms with Crippen molar-refractivity contribution < 1.29 is 17.9 Å². The van der Waals surface area contributed by atoms with Crippen LogP contribution in [0.4, 0.5) is 4.39 Å². The molecule has 0 fully saturated rings. The molecule has 6 heteroatoms. The molecule has 21 heavy (non-hydrogen) atoms. The van der Waals surface area contributed by atoms with E-state index in [0.29, 0.717) is 12.0 Å². The standard InChI is InChI=1S/C15H24FNO3S/c1-4-15(5-2,8-9-18)11-17-21(19,20)13-6-7-14(16)12(3)10-13/h6-7,10,17-18H,4-5,8-9,11H2,1-3H3. The molecule has 4 nitrogen and oxygen atoms in total. The van der Waals surface area contributed by atoms with Gasteiger partial charge in [-0.2, -0.15) is 0 Å². The van der Waals surface area contributed by atoms with Crippen LogP contribution in [0, 0.1) is 18.2 Å². The van der Waals surface area contributed by atoms with Gasteiger partial charge in [0.2, 0.25) is 10.0 Å². The zero-order valence-corrected chi connectivity index (χ0v) is 13.6. The lowest BCUT2D eigenvalue weighted by molar-refractivity contribution is 0.170. The summed E-state index contributed by atoms with van der Waals surface area (Å²) in [5.41, 5.74) is 0.0437. The molecule has 0 heterocycles. The topological polar surface area (TPSA) is 66.4 Å². The van der Waals surface area contributed by atoms with Crippen molar-refractivity contribution in [3.05, 3.63) is 29.6 Å². The van der Waals surface area contributed by atoms with Gasteiger partial charge in [-0.1, -0.05) is 13.8 Å². The average Bonchev–Trinajstić information content (AvgIpc) is 2.46. The van der Waals surface area contributed by atoms with Gasteiger partial charge < -0.3 is 5.11 Å². The van der Waals surface area contributed by atoms with E-state index in [1.54, 1.807) is 0 Å². The van der Waals surface area contributed by atoms with Crippen LogP contribution in [0.3, 0.4) is 0 Å². The Bertz CT molecular complexity index is 568. The van der Waals surface area contributed by atoms with Crippen LogP contribution in [0.15, 0.2) is 23.1 Å². The van der Waals surface area contributed by atoms with Gasteiger partial charge >= 0.3 is 0 Å². The predicted molar refractivity (Wildman–Crippen MR) is 81.0 cm³/mol. The fourth-order valence-corrected chi connectivity index (χ4v) is 3.54. The third-order valence-corrected chi connectivity index (χ3v) is 5.62. The molecule has 0 unspecified atom stereocenters. The van der Waals surface area contributed by atoms with Gasteiger partial charge in [0.1, 0.15) is 5.82 Å². The molecule has 120 valence electrons. The van der Waals surface area contributed by atoms with Crippen LogP contribution in [0.1, 0.15) is 38.7 Å². The highest BCUT2D eigenvalue weighted by Crippen LogP contribution is 2.30. The molecule has 2 N–H and O–H groups in total. The molecule has 0 aromatic heterocycles. The molecule has 0 saturated carbocycles. The summed E-state index contributed by atoms with van der Waals surface area (Å²) in [6.07, 6.45) is 2.09. The van der Waals surface area contributed by atoms with Crippen LogP contribution in [-0.4, -0.2) is 26.7 Å². The number of rotatable bonds is 8. The highest BCUT2D eigenvalue weighted by atomic mass is 32.2. The molecule has 0 saturated heterocycles. The van der Waals surface area contributed by atoms with Crippen molar-refractivity contribution in [1.82, 2.24) is 4.72 Å². The van der Waals surface area contributed by atoms with Crippen molar-refractivity contribution >= 4 is 10.0 Å². The summed E-state index contributed by atoms with van der Waals surface area (Å²) in [5, 5.41) is 9.16. The average molecular weight is 317 g/mol. The SMILES string of the molecule is CCC(CC)(CCO)CNS(=O)(=O)c1ccc(F)c(C)c1. The molecule has 1 rings (SSSR count). The Hall–Kier alpha value is -0.980. The number of halogens is 1. The van der Waals surface area contributed by atoms with Crippen LogP contribution < -0.4 is 4.72 Å². The molecule has 0 aliphatic heterocycles. The monoisotopic (exact) mass is 317 g/mol. The summed E-state index contributed by atoms with van der Waals surface area (Å²) in [7, 11) is -3.67. The summed E-state index contributed by atoms with van der Waals surface area (Å²) in [6.45, 7) is 5.78. The molecular weight excluding hydrogens is 293 g/mol. The number of aryl methyl sites for hydroxylation is 1. The predicted octanol–water partition coefficient (Wildman–Crippen LogP) is 2.60. The molecule has 1 aromatic rings. The first-order valence-electron chi connectivity index (χ1n) is 7.17. The third kappa shape index (κ3) is 4.49. The van der Waals surface area contributed by atoms with E-state index < -0.39 is 15.8 Å². The normalized spacial score (nSPS) is 12.6. The summed E-state index contributed by atoms with van der Waals surface area (Å²) >= 11 is 0. The minimum absolute atomic E-state index is 0.0268. The second-order valence-corrected chi connectivity index (χ2v) is 7.18. The first-order chi connectivity index (χ1) is 9.80. The minimum atomic E-state index is -3.67. The zero-order valence-electron chi connectivity index (χ0n) is 12.8. The molecule has 0 aliphatic carbocycles. The van der Waals surface area contributed by atoms with Crippen LogP contribution in [0.2, 0.25) is 0 Å². The van der Waals surface area contributed by atoms with E-state index in [0.717, 1.165) is 18.9 Å². The lowest BCUT2D eigenvalue weighted by atomic mass is 9.80. The van der Waals surface area contributed by atoms with E-state index in [4.69, 9.17) is 5.11 Å². The lowest BCUT2D eigenvalue weighted by Crippen LogP contribution is -2.37. The van der Waals surface area contributed by atoms with Gasteiger partial charge in [-0.15, -0.1) is 0 Å². The molecular formula is C15H24FNO3S. The highest BCUT2D eigenvalue weighted by Gasteiger charge is 2.28.